The van der Waals surface area contributed by atoms with Crippen molar-refractivity contribution in [3.63, 3.8) is 0 Å². The van der Waals surface area contributed by atoms with Crippen LogP contribution in [0.5, 0.6) is 0 Å². The Kier molecular flexibility index (Phi) is 5.54. The zero-order chi connectivity index (χ0) is 16.2. The van der Waals surface area contributed by atoms with Crippen molar-refractivity contribution in [1.82, 2.24) is 9.80 Å². The normalized spacial score (nSPS) is 21.2. The largest absolute Gasteiger partial charge is 0.337 e. The van der Waals surface area contributed by atoms with Crippen LogP contribution < -0.4 is 0 Å². The predicted molar refractivity (Wildman–Crippen MR) is 90.4 cm³/mol. The van der Waals surface area contributed by atoms with Crippen molar-refractivity contribution in [3.05, 3.63) is 34.6 Å². The van der Waals surface area contributed by atoms with Crippen molar-refractivity contribution in [2.45, 2.75) is 44.6 Å². The zero-order valence-electron chi connectivity index (χ0n) is 13.4. The van der Waals surface area contributed by atoms with E-state index in [1.54, 1.807) is 4.90 Å². The third-order valence-electron chi connectivity index (χ3n) is 5.07. The maximum Gasteiger partial charge on any atom is 0.256 e. The molecule has 5 heteroatoms. The fourth-order valence-corrected chi connectivity index (χ4v) is 3.96. The molecule has 1 aliphatic heterocycles. The lowest BCUT2D eigenvalue weighted by Crippen LogP contribution is -2.40. The summed E-state index contributed by atoms with van der Waals surface area (Å²) in [7, 11) is 0. The molecule has 0 atom stereocenters. The molecule has 1 amide bonds. The average molecular weight is 339 g/mol. The Labute approximate surface area is 142 Å². The molecule has 0 unspecified atom stereocenters. The molecule has 0 aromatic heterocycles. The van der Waals surface area contributed by atoms with Gasteiger partial charge in [-0.2, -0.15) is 0 Å². The van der Waals surface area contributed by atoms with Gasteiger partial charge < -0.3 is 4.90 Å². The first-order valence-corrected chi connectivity index (χ1v) is 9.01. The number of benzene rings is 1. The topological polar surface area (TPSA) is 23.6 Å². The van der Waals surface area contributed by atoms with Crippen molar-refractivity contribution >= 4 is 17.5 Å². The number of halogens is 2. The minimum absolute atomic E-state index is 0.0867. The number of carbonyl (C=O) groups excluding carboxylic acids is 1. The second-order valence-corrected chi connectivity index (χ2v) is 7.03. The molecule has 2 fully saturated rings. The summed E-state index contributed by atoms with van der Waals surface area (Å²) in [6.07, 6.45) is 7.48. The van der Waals surface area contributed by atoms with Crippen LogP contribution in [0, 0.1) is 5.82 Å². The fraction of sp³-hybridized carbons (Fsp3) is 0.611. The van der Waals surface area contributed by atoms with Crippen molar-refractivity contribution in [2.75, 3.05) is 26.2 Å². The number of amides is 1. The van der Waals surface area contributed by atoms with Crippen LogP contribution in [0.25, 0.3) is 0 Å². The van der Waals surface area contributed by atoms with Crippen LogP contribution in [0.15, 0.2) is 18.2 Å². The standard InChI is InChI=1S/C18H24ClFN2O/c19-14-7-8-17(20)16(13-14)18(23)22-10-4-9-21(11-12-22)15-5-2-1-3-6-15/h7-8,13,15H,1-6,9-12H2. The number of nitrogens with zero attached hydrogens (tertiary/aromatic N) is 2. The van der Waals surface area contributed by atoms with Gasteiger partial charge in [0.1, 0.15) is 5.82 Å². The lowest BCUT2D eigenvalue weighted by Gasteiger charge is -2.33. The van der Waals surface area contributed by atoms with Gasteiger partial charge in [0.25, 0.3) is 5.91 Å². The summed E-state index contributed by atoms with van der Waals surface area (Å²) in [5.41, 5.74) is 0.0867. The Balaban J connectivity index is 1.65. The minimum Gasteiger partial charge on any atom is -0.337 e. The summed E-state index contributed by atoms with van der Waals surface area (Å²) in [4.78, 5) is 16.9. The Bertz CT molecular complexity index is 560. The van der Waals surface area contributed by atoms with Crippen LogP contribution in [0.3, 0.4) is 0 Å². The summed E-state index contributed by atoms with van der Waals surface area (Å²) in [6, 6.07) is 4.84. The molecule has 1 aromatic rings. The van der Waals surface area contributed by atoms with Gasteiger partial charge in [0.2, 0.25) is 0 Å². The highest BCUT2D eigenvalue weighted by Gasteiger charge is 2.26. The second-order valence-electron chi connectivity index (χ2n) is 6.60. The molecule has 126 valence electrons. The highest BCUT2D eigenvalue weighted by Crippen LogP contribution is 2.24. The molecule has 0 bridgehead atoms. The Morgan fingerprint density at radius 3 is 2.61 bits per heavy atom. The monoisotopic (exact) mass is 338 g/mol. The molecule has 23 heavy (non-hydrogen) atoms. The van der Waals surface area contributed by atoms with Gasteiger partial charge in [-0.1, -0.05) is 30.9 Å². The van der Waals surface area contributed by atoms with E-state index in [-0.39, 0.29) is 11.5 Å². The molecular weight excluding hydrogens is 315 g/mol. The van der Waals surface area contributed by atoms with Crippen LogP contribution in [0.1, 0.15) is 48.9 Å². The van der Waals surface area contributed by atoms with Crippen LogP contribution in [0.4, 0.5) is 4.39 Å². The lowest BCUT2D eigenvalue weighted by molar-refractivity contribution is 0.0750. The molecule has 0 spiro atoms. The molecular formula is C18H24ClFN2O. The first-order chi connectivity index (χ1) is 11.1. The van der Waals surface area contributed by atoms with E-state index in [4.69, 9.17) is 11.6 Å². The van der Waals surface area contributed by atoms with Gasteiger partial charge in [-0.05, 0) is 37.5 Å². The summed E-state index contributed by atoms with van der Waals surface area (Å²) in [6.45, 7) is 3.28. The first-order valence-electron chi connectivity index (χ1n) is 8.63. The summed E-state index contributed by atoms with van der Waals surface area (Å²) in [5.74, 6) is -0.733. The Hall–Kier alpha value is -1.13. The molecule has 3 nitrogen and oxygen atoms in total. The third-order valence-corrected chi connectivity index (χ3v) is 5.30. The average Bonchev–Trinajstić information content (AvgIpc) is 2.83. The van der Waals surface area contributed by atoms with Crippen LogP contribution in [-0.2, 0) is 0 Å². The number of carbonyl (C=O) groups is 1. The van der Waals surface area contributed by atoms with Crippen molar-refractivity contribution < 1.29 is 9.18 Å². The molecule has 0 radical (unpaired) electrons. The summed E-state index contributed by atoms with van der Waals surface area (Å²) in [5, 5.41) is 0.397. The van der Waals surface area contributed by atoms with Gasteiger partial charge in [0.05, 0.1) is 5.56 Å². The second kappa shape index (κ2) is 7.63. The Morgan fingerprint density at radius 1 is 1.04 bits per heavy atom. The highest BCUT2D eigenvalue weighted by molar-refractivity contribution is 6.31. The number of rotatable bonds is 2. The van der Waals surface area contributed by atoms with Gasteiger partial charge >= 0.3 is 0 Å². The van der Waals surface area contributed by atoms with E-state index in [2.05, 4.69) is 4.90 Å². The van der Waals surface area contributed by atoms with Crippen LogP contribution >= 0.6 is 11.6 Å². The van der Waals surface area contributed by atoms with E-state index in [1.807, 2.05) is 0 Å². The van der Waals surface area contributed by atoms with E-state index >= 15 is 0 Å². The summed E-state index contributed by atoms with van der Waals surface area (Å²) < 4.78 is 13.9. The van der Waals surface area contributed by atoms with Crippen LogP contribution in [-0.4, -0.2) is 47.9 Å². The molecule has 1 aromatic carbocycles. The first kappa shape index (κ1) is 16.7. The van der Waals surface area contributed by atoms with E-state index in [1.165, 1.54) is 50.3 Å². The van der Waals surface area contributed by atoms with E-state index in [9.17, 15) is 9.18 Å². The SMILES string of the molecule is O=C(c1cc(Cl)ccc1F)N1CCCN(C2CCCCC2)CC1. The van der Waals surface area contributed by atoms with E-state index in [0.717, 1.165) is 19.5 Å². The molecule has 1 saturated carbocycles. The molecule has 1 saturated heterocycles. The fourth-order valence-electron chi connectivity index (χ4n) is 3.78. The smallest absolute Gasteiger partial charge is 0.256 e. The predicted octanol–water partition coefficient (Wildman–Crippen LogP) is 3.96. The minimum atomic E-state index is -0.493. The zero-order valence-corrected chi connectivity index (χ0v) is 14.2. The van der Waals surface area contributed by atoms with Crippen molar-refractivity contribution in [3.8, 4) is 0 Å². The quantitative estimate of drug-likeness (QED) is 0.815. The van der Waals surface area contributed by atoms with Gasteiger partial charge in [-0.15, -0.1) is 0 Å². The maximum atomic E-state index is 13.9. The van der Waals surface area contributed by atoms with Crippen molar-refractivity contribution in [1.29, 1.82) is 0 Å². The molecule has 2 aliphatic rings. The Morgan fingerprint density at radius 2 is 1.83 bits per heavy atom. The molecule has 0 N–H and O–H groups in total. The molecule has 3 rings (SSSR count). The summed E-state index contributed by atoms with van der Waals surface area (Å²) >= 11 is 5.91. The van der Waals surface area contributed by atoms with Gasteiger partial charge in [-0.3, -0.25) is 9.69 Å². The van der Waals surface area contributed by atoms with Gasteiger partial charge in [0.15, 0.2) is 0 Å². The molecule has 1 heterocycles. The number of hydrogen-bond acceptors (Lipinski definition) is 2. The van der Waals surface area contributed by atoms with E-state index < -0.39 is 5.82 Å². The number of hydrogen-bond donors (Lipinski definition) is 0. The molecule has 1 aliphatic carbocycles. The highest BCUT2D eigenvalue weighted by atomic mass is 35.5. The van der Waals surface area contributed by atoms with Crippen LogP contribution in [0.2, 0.25) is 5.02 Å². The third kappa shape index (κ3) is 4.04. The van der Waals surface area contributed by atoms with E-state index in [0.29, 0.717) is 24.2 Å². The maximum absolute atomic E-state index is 13.9. The van der Waals surface area contributed by atoms with Crippen molar-refractivity contribution in [2.24, 2.45) is 0 Å². The van der Waals surface area contributed by atoms with Gasteiger partial charge in [0, 0.05) is 37.2 Å². The van der Waals surface area contributed by atoms with Gasteiger partial charge in [-0.25, -0.2) is 4.39 Å². The lowest BCUT2D eigenvalue weighted by atomic mass is 9.94.